The number of hydrogen-bond acceptors (Lipinski definition) is 5. The molecule has 0 bridgehead atoms. The largest absolute Gasteiger partial charge is 0.394 e. The molecule has 1 heterocycles. The summed E-state index contributed by atoms with van der Waals surface area (Å²) in [7, 11) is 0. The molecule has 0 aromatic heterocycles. The monoisotopic (exact) mass is 441 g/mol. The Hall–Kier alpha value is -2.25. The number of aryl methyl sites for hydroxylation is 2. The predicted octanol–water partition coefficient (Wildman–Crippen LogP) is 3.09. The van der Waals surface area contributed by atoms with E-state index in [0.717, 1.165) is 36.8 Å². The molecule has 174 valence electrons. The summed E-state index contributed by atoms with van der Waals surface area (Å²) in [6, 6.07) is 18.6. The van der Waals surface area contributed by atoms with Gasteiger partial charge in [-0.25, -0.2) is 0 Å². The molecule has 1 aliphatic rings. The van der Waals surface area contributed by atoms with Crippen LogP contribution in [0.1, 0.15) is 49.3 Å². The molecule has 2 aromatic carbocycles. The zero-order valence-corrected chi connectivity index (χ0v) is 18.9. The first-order chi connectivity index (χ1) is 15.5. The van der Waals surface area contributed by atoms with E-state index in [9.17, 15) is 15.0 Å². The van der Waals surface area contributed by atoms with Gasteiger partial charge in [0.05, 0.1) is 32.0 Å². The maximum atomic E-state index is 11.4. The van der Waals surface area contributed by atoms with E-state index in [1.807, 2.05) is 30.3 Å². The van der Waals surface area contributed by atoms with Crippen molar-refractivity contribution in [3.05, 3.63) is 71.3 Å². The van der Waals surface area contributed by atoms with Gasteiger partial charge < -0.3 is 25.0 Å². The van der Waals surface area contributed by atoms with E-state index < -0.39 is 11.3 Å². The maximum Gasteiger partial charge on any atom is 0.217 e. The van der Waals surface area contributed by atoms with Gasteiger partial charge in [0, 0.05) is 18.9 Å². The van der Waals surface area contributed by atoms with Crippen LogP contribution in [0.25, 0.3) is 0 Å². The van der Waals surface area contributed by atoms with E-state index in [-0.39, 0.29) is 19.1 Å². The quantitative estimate of drug-likeness (QED) is 0.441. The second kappa shape index (κ2) is 11.6. The van der Waals surface area contributed by atoms with E-state index in [1.54, 1.807) is 0 Å². The standard InChI is InChI=1S/C26H35NO5/c1-21(30)27-25(19-28,20-29)16-14-23-10-12-24(13-11-23)26(31-17-18-32-26)15-6-5-9-22-7-3-2-4-8-22/h2-4,7-8,10-13,28-29H,5-6,9,14-20H2,1H3,(H,27,30). The molecule has 1 fully saturated rings. The van der Waals surface area contributed by atoms with Crippen molar-refractivity contribution in [1.82, 2.24) is 5.32 Å². The van der Waals surface area contributed by atoms with Gasteiger partial charge in [0.1, 0.15) is 0 Å². The lowest BCUT2D eigenvalue weighted by molar-refractivity contribution is -0.171. The minimum absolute atomic E-state index is 0.270. The van der Waals surface area contributed by atoms with E-state index >= 15 is 0 Å². The summed E-state index contributed by atoms with van der Waals surface area (Å²) in [4.78, 5) is 11.4. The molecule has 0 radical (unpaired) electrons. The van der Waals surface area contributed by atoms with E-state index in [4.69, 9.17) is 9.47 Å². The fraction of sp³-hybridized carbons (Fsp3) is 0.500. The fourth-order valence-electron chi connectivity index (χ4n) is 4.27. The molecule has 1 aliphatic heterocycles. The van der Waals surface area contributed by atoms with Crippen molar-refractivity contribution in [3.63, 3.8) is 0 Å². The van der Waals surface area contributed by atoms with Crippen LogP contribution in [-0.4, -0.2) is 48.1 Å². The van der Waals surface area contributed by atoms with Crippen LogP contribution in [0.4, 0.5) is 0 Å². The van der Waals surface area contributed by atoms with Crippen molar-refractivity contribution in [3.8, 4) is 0 Å². The van der Waals surface area contributed by atoms with Gasteiger partial charge in [-0.3, -0.25) is 4.79 Å². The normalized spacial score (nSPS) is 15.6. The van der Waals surface area contributed by atoms with E-state index in [0.29, 0.717) is 26.1 Å². The van der Waals surface area contributed by atoms with Crippen molar-refractivity contribution in [1.29, 1.82) is 0 Å². The van der Waals surface area contributed by atoms with Crippen LogP contribution >= 0.6 is 0 Å². The van der Waals surface area contributed by atoms with E-state index in [2.05, 4.69) is 29.6 Å². The molecule has 0 atom stereocenters. The summed E-state index contributed by atoms with van der Waals surface area (Å²) in [5, 5.41) is 22.1. The van der Waals surface area contributed by atoms with Gasteiger partial charge in [0.15, 0.2) is 5.79 Å². The number of nitrogens with one attached hydrogen (secondary N) is 1. The van der Waals surface area contributed by atoms with Gasteiger partial charge in [0.2, 0.25) is 5.91 Å². The zero-order valence-electron chi connectivity index (χ0n) is 18.9. The van der Waals surface area contributed by atoms with Crippen molar-refractivity contribution < 1.29 is 24.5 Å². The summed E-state index contributed by atoms with van der Waals surface area (Å²) >= 11 is 0. The summed E-state index contributed by atoms with van der Waals surface area (Å²) in [5.74, 6) is -0.959. The first-order valence-corrected chi connectivity index (χ1v) is 11.4. The number of amides is 1. The van der Waals surface area contributed by atoms with Crippen molar-refractivity contribution in [2.45, 2.75) is 56.8 Å². The number of rotatable bonds is 12. The average Bonchev–Trinajstić information content (AvgIpc) is 3.30. The Balaban J connectivity index is 1.58. The smallest absolute Gasteiger partial charge is 0.217 e. The summed E-state index contributed by atoms with van der Waals surface area (Å²) < 4.78 is 12.2. The van der Waals surface area contributed by atoms with Crippen LogP contribution in [0, 0.1) is 0 Å². The molecule has 1 amide bonds. The molecule has 0 saturated carbocycles. The van der Waals surface area contributed by atoms with Crippen LogP contribution in [-0.2, 0) is 32.9 Å². The number of hydrogen-bond donors (Lipinski definition) is 3. The first kappa shape index (κ1) is 24.4. The number of unbranched alkanes of at least 4 members (excludes halogenated alkanes) is 1. The Bertz CT molecular complexity index is 827. The second-order valence-electron chi connectivity index (χ2n) is 8.62. The lowest BCUT2D eigenvalue weighted by Crippen LogP contribution is -2.53. The third-order valence-electron chi connectivity index (χ3n) is 6.15. The number of aliphatic hydroxyl groups is 2. The van der Waals surface area contributed by atoms with Crippen LogP contribution in [0.2, 0.25) is 0 Å². The highest BCUT2D eigenvalue weighted by atomic mass is 16.7. The third-order valence-corrected chi connectivity index (χ3v) is 6.15. The molecule has 32 heavy (non-hydrogen) atoms. The lowest BCUT2D eigenvalue weighted by Gasteiger charge is -2.31. The van der Waals surface area contributed by atoms with Crippen molar-refractivity contribution >= 4 is 5.91 Å². The highest BCUT2D eigenvalue weighted by Crippen LogP contribution is 2.36. The number of carbonyl (C=O) groups is 1. The summed E-state index contributed by atoms with van der Waals surface area (Å²) in [5.41, 5.74) is 2.40. The van der Waals surface area contributed by atoms with Gasteiger partial charge in [-0.05, 0) is 43.2 Å². The van der Waals surface area contributed by atoms with Gasteiger partial charge in [-0.2, -0.15) is 0 Å². The van der Waals surface area contributed by atoms with Gasteiger partial charge in [0.25, 0.3) is 0 Å². The van der Waals surface area contributed by atoms with Crippen LogP contribution in [0.3, 0.4) is 0 Å². The minimum Gasteiger partial charge on any atom is -0.394 e. The number of carbonyl (C=O) groups excluding carboxylic acids is 1. The molecule has 2 aromatic rings. The topological polar surface area (TPSA) is 88.0 Å². The Morgan fingerprint density at radius 2 is 1.56 bits per heavy atom. The maximum absolute atomic E-state index is 11.4. The van der Waals surface area contributed by atoms with Crippen molar-refractivity contribution in [2.75, 3.05) is 26.4 Å². The predicted molar refractivity (Wildman–Crippen MR) is 123 cm³/mol. The molecule has 3 N–H and O–H groups in total. The summed E-state index contributed by atoms with van der Waals surface area (Å²) in [6.45, 7) is 1.94. The van der Waals surface area contributed by atoms with E-state index in [1.165, 1.54) is 12.5 Å². The first-order valence-electron chi connectivity index (χ1n) is 11.4. The molecule has 0 spiro atoms. The molecule has 1 saturated heterocycles. The Morgan fingerprint density at radius 1 is 0.938 bits per heavy atom. The number of ether oxygens (including phenoxy) is 2. The highest BCUT2D eigenvalue weighted by molar-refractivity contribution is 5.73. The van der Waals surface area contributed by atoms with Crippen LogP contribution in [0.15, 0.2) is 54.6 Å². The average molecular weight is 442 g/mol. The number of benzene rings is 2. The number of aliphatic hydroxyl groups excluding tert-OH is 2. The van der Waals surface area contributed by atoms with Crippen LogP contribution in [0.5, 0.6) is 0 Å². The molecule has 0 unspecified atom stereocenters. The molecule has 6 nitrogen and oxygen atoms in total. The lowest BCUT2D eigenvalue weighted by atomic mass is 9.91. The highest BCUT2D eigenvalue weighted by Gasteiger charge is 2.38. The molecular weight excluding hydrogens is 406 g/mol. The van der Waals surface area contributed by atoms with Gasteiger partial charge in [-0.1, -0.05) is 54.6 Å². The molecule has 0 aliphatic carbocycles. The molecular formula is C26H35NO5. The van der Waals surface area contributed by atoms with Gasteiger partial charge in [-0.15, -0.1) is 0 Å². The Morgan fingerprint density at radius 3 is 2.16 bits per heavy atom. The zero-order chi connectivity index (χ0) is 22.9. The second-order valence-corrected chi connectivity index (χ2v) is 8.62. The molecule has 6 heteroatoms. The fourth-order valence-corrected chi connectivity index (χ4v) is 4.27. The minimum atomic E-state index is -1.01. The van der Waals surface area contributed by atoms with Crippen molar-refractivity contribution in [2.24, 2.45) is 0 Å². The van der Waals surface area contributed by atoms with Crippen LogP contribution < -0.4 is 5.32 Å². The SMILES string of the molecule is CC(=O)NC(CO)(CO)CCc1ccc(C2(CCCCc3ccccc3)OCCO2)cc1. The third kappa shape index (κ3) is 6.39. The Kier molecular flexibility index (Phi) is 8.82. The Labute approximate surface area is 190 Å². The molecule has 3 rings (SSSR count). The van der Waals surface area contributed by atoms with Gasteiger partial charge >= 0.3 is 0 Å². The summed E-state index contributed by atoms with van der Waals surface area (Å²) in [6.07, 6.45) is 4.98.